The normalized spacial score (nSPS) is 17.1. The van der Waals surface area contributed by atoms with Crippen molar-refractivity contribution in [2.45, 2.75) is 160 Å². The standard InChI is InChI=1S/C49H74N2O17S3.C44H58N2O9S.2Na/c1-7-21-62-26-29-66-31-28-64-23-20-51-44-16-14-41(71(58,59)60)38-43(44)49(5,17-9-34-69(52,53)54)46(51)12-8-11-39-36-47(48(2,3)4)68-45-37-40(13-15-42(39)45)50(18-10-35-70(55,56)57)19-22-63-27-30-67-33-32-65-25-24-61-6;1-31(47)16-20-51-22-24-53-26-27-54-25-23-52-21-19-46-38-15-14-34(56(48,49)50)30-37(38)44(5,6)39(46)13-7-10-32-29-40(43(2,3)4)55-42-35-12-9-18-45-17-8-11-33(41(35)45)28-36(32)42;;/h8,11-16,36-38H,7,9-10,17-35H2,1-6H3,(H2-,52,53,54,55,56,57,58,59,60);7,10,13-15,28-30H,8-9,11-12,16-27H2,1-6H3;;/q;;2*+1/p-2. The molecule has 1 atom stereocenters. The van der Waals surface area contributed by atoms with Crippen molar-refractivity contribution in [2.75, 3.05) is 206 Å². The van der Waals surface area contributed by atoms with Gasteiger partial charge < -0.3 is 89.3 Å². The van der Waals surface area contributed by atoms with Crippen molar-refractivity contribution < 1.29 is 182 Å². The molecule has 1 unspecified atom stereocenters. The number of ketones is 1. The van der Waals surface area contributed by atoms with Crippen LogP contribution < -0.4 is 83.6 Å². The average Bonchev–Trinajstić information content (AvgIpc) is 1.62. The predicted octanol–water partition coefficient (Wildman–Crippen LogP) is 5.13. The summed E-state index contributed by atoms with van der Waals surface area (Å²) in [7, 11) is -16.9. The zero-order valence-electron chi connectivity index (χ0n) is 77.8. The number of Topliss-reactive ketones (excluding diaryl/α,β-unsaturated/α-hetero) is 1. The third kappa shape index (κ3) is 33.6. The second-order valence-electron chi connectivity index (χ2n) is 34.6. The minimum Gasteiger partial charge on any atom is -0.748 e. The van der Waals surface area contributed by atoms with Crippen LogP contribution in [0.25, 0.3) is 23.0 Å². The molecule has 0 amide bonds. The first-order chi connectivity index (χ1) is 60.2. The summed E-state index contributed by atoms with van der Waals surface area (Å²) < 4.78 is 222. The van der Waals surface area contributed by atoms with E-state index in [0.717, 1.165) is 95.9 Å². The smallest absolute Gasteiger partial charge is 0.748 e. The van der Waals surface area contributed by atoms with Gasteiger partial charge in [-0.2, -0.15) is 4.58 Å². The van der Waals surface area contributed by atoms with Crippen LogP contribution in [0.5, 0.6) is 5.75 Å². The Hall–Kier alpha value is -5.27. The molecule has 0 N–H and O–H groups in total. The van der Waals surface area contributed by atoms with Crippen LogP contribution in [0.2, 0.25) is 0 Å². The monoisotopic (exact) mass is 1890 g/mol. The molecule has 6 heterocycles. The van der Waals surface area contributed by atoms with Gasteiger partial charge in [-0.15, -0.1) is 0 Å². The van der Waals surface area contributed by atoms with Crippen molar-refractivity contribution in [3.8, 4) is 17.1 Å². The predicted molar refractivity (Wildman–Crippen MR) is 482 cm³/mol. The molecular formula is C93H130N4Na2O26S4. The molecule has 0 saturated heterocycles. The maximum Gasteiger partial charge on any atom is 1.00 e. The molecule has 6 aliphatic heterocycles. The number of fused-ring (bicyclic) bond motifs is 5. The Morgan fingerprint density at radius 2 is 1.12 bits per heavy atom. The largest absolute Gasteiger partial charge is 1.00 e. The third-order valence-corrected chi connectivity index (χ3v) is 25.7. The number of hydrogen-bond acceptors (Lipinski definition) is 28. The first kappa shape index (κ1) is 111. The van der Waals surface area contributed by atoms with Crippen LogP contribution >= 0.6 is 0 Å². The van der Waals surface area contributed by atoms with Gasteiger partial charge in [0.1, 0.15) is 68.8 Å². The second-order valence-corrected chi connectivity index (χ2v) is 40.4. The van der Waals surface area contributed by atoms with E-state index in [2.05, 4.69) is 74.5 Å². The Kier molecular flexibility index (Phi) is 44.8. The Labute approximate surface area is 808 Å². The minimum atomic E-state index is -4.87. The van der Waals surface area contributed by atoms with Gasteiger partial charge in [-0.25, -0.2) is 38.2 Å². The SMILES string of the molecule is CC(=O)CCOCCOCCOCCOCC[N+]1=C(C=CC=C2C=C(C(C)(C)C)Oc3c2cc2c4c3CCCN4CCC2)C(C)(C)c2cc(S(=O)(=O)[O-])ccc21.CCCOCCOCCOCCN1/C(=C\C=C\c2cc(C(C)(C)C)oc3cc(=[N+](CCCS(=O)(=O)[O-])CCOCCOCCOCCOC)ccc2-3)C(C)(CCCS(=O)(=O)[O-])c2cc(S(=O)(=O)[O-])ccc21.[Na+].[Na+]. The van der Waals surface area contributed by atoms with Crippen molar-refractivity contribution in [1.29, 1.82) is 0 Å². The fourth-order valence-electron chi connectivity index (χ4n) is 15.9. The van der Waals surface area contributed by atoms with E-state index in [-0.39, 0.29) is 121 Å². The fourth-order valence-corrected chi connectivity index (χ4v) is 17.9. The topological polar surface area (TPSA) is 382 Å². The number of carbonyl (C=O) groups is 1. The van der Waals surface area contributed by atoms with E-state index in [0.29, 0.717) is 179 Å². The van der Waals surface area contributed by atoms with Crippen LogP contribution in [0.4, 0.5) is 17.1 Å². The summed E-state index contributed by atoms with van der Waals surface area (Å²) in [6, 6.07) is 18.7. The second kappa shape index (κ2) is 52.2. The number of rotatable bonds is 52. The Bertz CT molecular complexity index is 5250. The van der Waals surface area contributed by atoms with E-state index in [1.54, 1.807) is 26.2 Å². The molecule has 1 aliphatic carbocycles. The summed E-state index contributed by atoms with van der Waals surface area (Å²) in [4.78, 5) is 14.8. The van der Waals surface area contributed by atoms with Crippen molar-refractivity contribution in [3.63, 3.8) is 0 Å². The maximum atomic E-state index is 12.3. The zero-order valence-corrected chi connectivity index (χ0v) is 85.1. The average molecular weight is 1890 g/mol. The summed E-state index contributed by atoms with van der Waals surface area (Å²) in [5.41, 5.74) is 9.87. The van der Waals surface area contributed by atoms with Crippen LogP contribution in [-0.2, 0) is 126 Å². The first-order valence-electron chi connectivity index (χ1n) is 43.8. The maximum absolute atomic E-state index is 12.3. The van der Waals surface area contributed by atoms with E-state index < -0.39 is 73.1 Å². The molecule has 0 bridgehead atoms. The van der Waals surface area contributed by atoms with Crippen molar-refractivity contribution in [3.05, 3.63) is 159 Å². The van der Waals surface area contributed by atoms with E-state index in [1.165, 1.54) is 41.1 Å². The number of anilines is 2. The summed E-state index contributed by atoms with van der Waals surface area (Å²) in [5.74, 6) is 2.04. The Morgan fingerprint density at radius 3 is 1.70 bits per heavy atom. The molecule has 0 saturated carbocycles. The van der Waals surface area contributed by atoms with Crippen LogP contribution in [0.1, 0.15) is 160 Å². The minimum absolute atomic E-state index is 0. The summed E-state index contributed by atoms with van der Waals surface area (Å²) in [6.07, 6.45) is 19.9. The summed E-state index contributed by atoms with van der Waals surface area (Å²) in [6.45, 7) is 34.2. The van der Waals surface area contributed by atoms with Gasteiger partial charge >= 0.3 is 59.1 Å². The van der Waals surface area contributed by atoms with Gasteiger partial charge in [-0.1, -0.05) is 72.8 Å². The number of hydrogen-bond donors (Lipinski definition) is 0. The number of methoxy groups -OCH3 is 1. The van der Waals surface area contributed by atoms with Crippen LogP contribution in [0.15, 0.2) is 129 Å². The van der Waals surface area contributed by atoms with Gasteiger partial charge in [0.05, 0.1) is 160 Å². The molecule has 36 heteroatoms. The Morgan fingerprint density at radius 1 is 0.581 bits per heavy atom. The van der Waals surface area contributed by atoms with Gasteiger partial charge in [0.25, 0.3) is 0 Å². The van der Waals surface area contributed by atoms with E-state index >= 15 is 0 Å². The van der Waals surface area contributed by atoms with Crippen LogP contribution in [-0.4, -0.2) is 265 Å². The van der Waals surface area contributed by atoms with Crippen LogP contribution in [0, 0.1) is 5.41 Å². The number of benzene rings is 4. The van der Waals surface area contributed by atoms with Crippen molar-refractivity contribution in [1.82, 2.24) is 4.58 Å². The molecule has 0 fully saturated rings. The number of ether oxygens (including phenoxy) is 12. The van der Waals surface area contributed by atoms with Crippen molar-refractivity contribution >= 4 is 80.7 Å². The number of carbonyl (C=O) groups excluding carboxylic acids is 1. The molecule has 0 radical (unpaired) electrons. The molecule has 30 nitrogen and oxygen atoms in total. The van der Waals surface area contributed by atoms with E-state index in [9.17, 15) is 56.7 Å². The van der Waals surface area contributed by atoms with Gasteiger partial charge in [-0.3, -0.25) is 4.79 Å². The summed E-state index contributed by atoms with van der Waals surface area (Å²) in [5, 5.41) is 0.713. The number of aryl methyl sites for hydroxylation is 1. The molecule has 0 spiro atoms. The molecule has 7 aliphatic rings. The molecule has 3 aromatic rings. The zero-order chi connectivity index (χ0) is 92.2. The quantitative estimate of drug-likeness (QED) is 0.0211. The number of nitrogens with zero attached hydrogens (tertiary/aromatic N) is 4. The molecule has 0 aromatic heterocycles. The molecular weight excluding hydrogens is 1760 g/mol. The van der Waals surface area contributed by atoms with E-state index in [4.69, 9.17) is 61.3 Å². The van der Waals surface area contributed by atoms with Crippen molar-refractivity contribution in [2.24, 2.45) is 5.41 Å². The van der Waals surface area contributed by atoms with Gasteiger partial charge in [0, 0.05) is 131 Å². The van der Waals surface area contributed by atoms with Gasteiger partial charge in [0.2, 0.25) is 11.0 Å². The fraction of sp³-hybridized carbons (Fsp3) is 0.581. The first-order valence-corrected chi connectivity index (χ1v) is 49.7. The van der Waals surface area contributed by atoms with E-state index in [1.807, 2.05) is 86.6 Å². The van der Waals surface area contributed by atoms with Gasteiger partial charge in [-0.05, 0) is 156 Å². The molecule has 129 heavy (non-hydrogen) atoms. The number of allylic oxidation sites excluding steroid dienone is 9. The molecule has 3 aromatic carbocycles. The van der Waals surface area contributed by atoms with Gasteiger partial charge in [0.15, 0.2) is 18.8 Å². The molecule has 10 rings (SSSR count). The van der Waals surface area contributed by atoms with Crippen LogP contribution in [0.3, 0.4) is 0 Å². The molecule has 704 valence electrons. The third-order valence-electron chi connectivity index (χ3n) is 22.4. The Balaban J connectivity index is 0.000000356. The summed E-state index contributed by atoms with van der Waals surface area (Å²) >= 11 is 0.